The van der Waals surface area contributed by atoms with E-state index in [-0.39, 0.29) is 5.28 Å². The first-order valence-corrected chi connectivity index (χ1v) is 6.11. The molecule has 15 heavy (non-hydrogen) atoms. The molecule has 0 radical (unpaired) electrons. The van der Waals surface area contributed by atoms with Gasteiger partial charge in [-0.3, -0.25) is 0 Å². The Kier molecular flexibility index (Phi) is 3.50. The summed E-state index contributed by atoms with van der Waals surface area (Å²) in [5.74, 6) is 0.671. The van der Waals surface area contributed by atoms with Crippen LogP contribution in [-0.4, -0.2) is 15.0 Å². The quantitative estimate of drug-likeness (QED) is 0.886. The second-order valence-electron chi connectivity index (χ2n) is 2.61. The predicted octanol–water partition coefficient (Wildman–Crippen LogP) is 2.96. The van der Waals surface area contributed by atoms with Gasteiger partial charge in [-0.15, -0.1) is 11.3 Å². The first-order chi connectivity index (χ1) is 7.25. The summed E-state index contributed by atoms with van der Waals surface area (Å²) in [7, 11) is 0. The van der Waals surface area contributed by atoms with Crippen molar-refractivity contribution in [2.75, 3.05) is 5.32 Å². The second-order valence-corrected chi connectivity index (χ2v) is 4.79. The number of hydrogen-bond acceptors (Lipinski definition) is 5. The van der Waals surface area contributed by atoms with E-state index in [4.69, 9.17) is 11.6 Å². The van der Waals surface area contributed by atoms with Gasteiger partial charge in [0.05, 0.1) is 11.0 Å². The Morgan fingerprint density at radius 2 is 2.33 bits per heavy atom. The van der Waals surface area contributed by atoms with Crippen LogP contribution < -0.4 is 5.32 Å². The van der Waals surface area contributed by atoms with Crippen LogP contribution in [0.25, 0.3) is 0 Å². The largest absolute Gasteiger partial charge is 0.362 e. The number of halogens is 2. The minimum Gasteiger partial charge on any atom is -0.362 e. The van der Waals surface area contributed by atoms with E-state index in [1.54, 1.807) is 23.7 Å². The van der Waals surface area contributed by atoms with Crippen LogP contribution in [0.5, 0.6) is 0 Å². The maximum Gasteiger partial charge on any atom is 0.224 e. The minimum atomic E-state index is 0.222. The Bertz CT molecular complexity index is 448. The molecular formula is C8H6BrClN4S. The molecule has 0 fully saturated rings. The van der Waals surface area contributed by atoms with Crippen molar-refractivity contribution >= 4 is 44.7 Å². The molecule has 4 nitrogen and oxygen atoms in total. The summed E-state index contributed by atoms with van der Waals surface area (Å²) >= 11 is 10.6. The highest BCUT2D eigenvalue weighted by molar-refractivity contribution is 9.10. The summed E-state index contributed by atoms with van der Waals surface area (Å²) < 4.78 is 0.781. The smallest absolute Gasteiger partial charge is 0.224 e. The van der Waals surface area contributed by atoms with Gasteiger partial charge < -0.3 is 5.32 Å². The number of rotatable bonds is 3. The first kappa shape index (κ1) is 10.8. The summed E-state index contributed by atoms with van der Waals surface area (Å²) in [6.45, 7) is 0.629. The molecule has 78 valence electrons. The van der Waals surface area contributed by atoms with Crippen molar-refractivity contribution in [3.05, 3.63) is 32.5 Å². The predicted molar refractivity (Wildman–Crippen MR) is 64.2 cm³/mol. The Morgan fingerprint density at radius 3 is 3.07 bits per heavy atom. The van der Waals surface area contributed by atoms with Crippen molar-refractivity contribution in [2.24, 2.45) is 0 Å². The Hall–Kier alpha value is -0.720. The molecule has 0 aliphatic heterocycles. The molecule has 7 heteroatoms. The molecule has 0 unspecified atom stereocenters. The minimum absolute atomic E-state index is 0.222. The number of anilines is 1. The fourth-order valence-corrected chi connectivity index (χ4v) is 1.99. The van der Waals surface area contributed by atoms with Gasteiger partial charge in [0.15, 0.2) is 0 Å². The van der Waals surface area contributed by atoms with Crippen LogP contribution in [0.2, 0.25) is 5.28 Å². The molecule has 0 atom stereocenters. The van der Waals surface area contributed by atoms with Gasteiger partial charge in [-0.05, 0) is 27.5 Å². The number of thiazole rings is 1. The lowest BCUT2D eigenvalue weighted by molar-refractivity contribution is 1.05. The maximum atomic E-state index is 5.68. The Morgan fingerprint density at radius 1 is 1.47 bits per heavy atom. The molecular weight excluding hydrogens is 300 g/mol. The normalized spacial score (nSPS) is 10.3. The summed E-state index contributed by atoms with van der Waals surface area (Å²) in [5.41, 5.74) is 0. The van der Waals surface area contributed by atoms with Crippen molar-refractivity contribution in [3.8, 4) is 0 Å². The van der Waals surface area contributed by atoms with E-state index in [0.717, 1.165) is 9.48 Å². The van der Waals surface area contributed by atoms with E-state index in [1.807, 2.05) is 5.38 Å². The molecule has 0 spiro atoms. The van der Waals surface area contributed by atoms with E-state index in [0.29, 0.717) is 12.4 Å². The van der Waals surface area contributed by atoms with Crippen molar-refractivity contribution in [1.29, 1.82) is 0 Å². The maximum absolute atomic E-state index is 5.68. The number of aromatic nitrogens is 3. The van der Waals surface area contributed by atoms with Crippen LogP contribution >= 0.6 is 38.9 Å². The summed E-state index contributed by atoms with van der Waals surface area (Å²) in [5, 5.41) is 6.27. The molecule has 0 aliphatic rings. The van der Waals surface area contributed by atoms with Crippen LogP contribution in [-0.2, 0) is 6.54 Å². The highest BCUT2D eigenvalue weighted by Gasteiger charge is 2.03. The molecule has 0 saturated heterocycles. The molecule has 0 aromatic carbocycles. The highest BCUT2D eigenvalue weighted by atomic mass is 79.9. The van der Waals surface area contributed by atoms with Crippen LogP contribution in [0, 0.1) is 0 Å². The van der Waals surface area contributed by atoms with E-state index >= 15 is 0 Å². The zero-order valence-corrected chi connectivity index (χ0v) is 10.6. The summed E-state index contributed by atoms with van der Waals surface area (Å²) in [4.78, 5) is 12.0. The molecule has 0 amide bonds. The SMILES string of the molecule is Clc1ncc(Br)c(NCc2nccs2)n1. The van der Waals surface area contributed by atoms with Gasteiger partial charge in [0.1, 0.15) is 10.8 Å². The van der Waals surface area contributed by atoms with Gasteiger partial charge in [0, 0.05) is 17.8 Å². The first-order valence-electron chi connectivity index (χ1n) is 4.06. The molecule has 1 N–H and O–H groups in total. The van der Waals surface area contributed by atoms with Gasteiger partial charge in [-0.1, -0.05) is 0 Å². The van der Waals surface area contributed by atoms with Gasteiger partial charge in [0.25, 0.3) is 0 Å². The van der Waals surface area contributed by atoms with Crippen molar-refractivity contribution < 1.29 is 0 Å². The number of hydrogen-bond donors (Lipinski definition) is 1. The van der Waals surface area contributed by atoms with Crippen LogP contribution in [0.1, 0.15) is 5.01 Å². The van der Waals surface area contributed by atoms with Crippen LogP contribution in [0.3, 0.4) is 0 Å². The summed E-state index contributed by atoms with van der Waals surface area (Å²) in [6, 6.07) is 0. The monoisotopic (exact) mass is 304 g/mol. The lowest BCUT2D eigenvalue weighted by atomic mass is 10.5. The lowest BCUT2D eigenvalue weighted by Gasteiger charge is -2.04. The van der Waals surface area contributed by atoms with Crippen molar-refractivity contribution in [2.45, 2.75) is 6.54 Å². The van der Waals surface area contributed by atoms with Crippen LogP contribution in [0.15, 0.2) is 22.2 Å². The molecule has 2 aromatic rings. The lowest BCUT2D eigenvalue weighted by Crippen LogP contribution is -2.02. The van der Waals surface area contributed by atoms with Gasteiger partial charge >= 0.3 is 0 Å². The number of nitrogens with one attached hydrogen (secondary N) is 1. The van der Waals surface area contributed by atoms with Crippen LogP contribution in [0.4, 0.5) is 5.82 Å². The highest BCUT2D eigenvalue weighted by Crippen LogP contribution is 2.20. The molecule has 0 aliphatic carbocycles. The average molecular weight is 306 g/mol. The Labute approximate surface area is 104 Å². The van der Waals surface area contributed by atoms with Gasteiger partial charge in [-0.2, -0.15) is 4.98 Å². The van der Waals surface area contributed by atoms with E-state index in [9.17, 15) is 0 Å². The van der Waals surface area contributed by atoms with E-state index in [2.05, 4.69) is 36.2 Å². The fraction of sp³-hybridized carbons (Fsp3) is 0.125. The molecule has 2 aromatic heterocycles. The summed E-state index contributed by atoms with van der Waals surface area (Å²) in [6.07, 6.45) is 3.38. The van der Waals surface area contributed by atoms with Crippen molar-refractivity contribution in [3.63, 3.8) is 0 Å². The van der Waals surface area contributed by atoms with E-state index < -0.39 is 0 Å². The second kappa shape index (κ2) is 4.87. The van der Waals surface area contributed by atoms with Gasteiger partial charge in [0.2, 0.25) is 5.28 Å². The third-order valence-electron chi connectivity index (χ3n) is 1.61. The standard InChI is InChI=1S/C8H6BrClN4S/c9-5-3-13-8(10)14-7(5)12-4-6-11-1-2-15-6/h1-3H,4H2,(H,12,13,14). The van der Waals surface area contributed by atoms with Gasteiger partial charge in [-0.25, -0.2) is 9.97 Å². The molecule has 2 heterocycles. The third-order valence-corrected chi connectivity index (χ3v) is 3.15. The zero-order valence-electron chi connectivity index (χ0n) is 7.44. The average Bonchev–Trinajstić information content (AvgIpc) is 2.72. The van der Waals surface area contributed by atoms with Crippen molar-refractivity contribution in [1.82, 2.24) is 15.0 Å². The third kappa shape index (κ3) is 2.87. The molecule has 2 rings (SSSR count). The number of nitrogens with zero attached hydrogens (tertiary/aromatic N) is 3. The Balaban J connectivity index is 2.07. The fourth-order valence-electron chi connectivity index (χ4n) is 0.969. The van der Waals surface area contributed by atoms with E-state index in [1.165, 1.54) is 0 Å². The zero-order chi connectivity index (χ0) is 10.7. The molecule has 0 saturated carbocycles. The molecule has 0 bridgehead atoms. The topological polar surface area (TPSA) is 50.7 Å².